The minimum absolute atomic E-state index is 0.370. The predicted molar refractivity (Wildman–Crippen MR) is 53.7 cm³/mol. The van der Waals surface area contributed by atoms with Crippen LogP contribution in [0.3, 0.4) is 0 Å². The number of likely N-dealkylation sites (tertiary alicyclic amines) is 1. The van der Waals surface area contributed by atoms with Crippen LogP contribution in [-0.2, 0) is 6.67 Å². The molecule has 3 heteroatoms. The molecule has 0 aliphatic carbocycles. The van der Waals surface area contributed by atoms with Gasteiger partial charge in [-0.3, -0.25) is 9.88 Å². The van der Waals surface area contributed by atoms with Gasteiger partial charge in [0.2, 0.25) is 0 Å². The number of halogens is 1. The normalized spacial score (nSPS) is 22.9. The number of pyridine rings is 1. The second kappa shape index (κ2) is 4.05. The molecule has 2 nitrogen and oxygen atoms in total. The fourth-order valence-electron chi connectivity index (χ4n) is 2.16. The van der Waals surface area contributed by atoms with Gasteiger partial charge in [0.1, 0.15) is 6.67 Å². The first-order valence-electron chi connectivity index (χ1n) is 5.02. The van der Waals surface area contributed by atoms with Crippen LogP contribution in [-0.4, -0.2) is 23.5 Å². The fourth-order valence-corrected chi connectivity index (χ4v) is 2.16. The summed E-state index contributed by atoms with van der Waals surface area (Å²) in [5.41, 5.74) is 1.86. The van der Waals surface area contributed by atoms with Crippen LogP contribution in [0.2, 0.25) is 0 Å². The zero-order valence-electron chi connectivity index (χ0n) is 8.41. The van der Waals surface area contributed by atoms with Gasteiger partial charge in [-0.15, -0.1) is 0 Å². The molecule has 1 aliphatic rings. The average Bonchev–Trinajstić information content (AvgIpc) is 2.64. The topological polar surface area (TPSA) is 16.1 Å². The number of alkyl halides is 1. The highest BCUT2D eigenvalue weighted by atomic mass is 19.1. The fraction of sp³-hybridized carbons (Fsp3) is 0.545. The highest BCUT2D eigenvalue weighted by Crippen LogP contribution is 2.31. The number of hydrogen-bond acceptors (Lipinski definition) is 2. The van der Waals surface area contributed by atoms with Crippen molar-refractivity contribution in [1.29, 1.82) is 0 Å². The molecule has 0 spiro atoms. The summed E-state index contributed by atoms with van der Waals surface area (Å²) in [4.78, 5) is 6.35. The van der Waals surface area contributed by atoms with Crippen LogP contribution in [0.4, 0.5) is 4.39 Å². The van der Waals surface area contributed by atoms with Gasteiger partial charge >= 0.3 is 0 Å². The van der Waals surface area contributed by atoms with E-state index in [0.717, 1.165) is 24.1 Å². The first-order valence-corrected chi connectivity index (χ1v) is 5.02. The van der Waals surface area contributed by atoms with Crippen LogP contribution >= 0.6 is 0 Å². The summed E-state index contributed by atoms with van der Waals surface area (Å²) in [7, 11) is 2.09. The number of rotatable bonds is 2. The summed E-state index contributed by atoms with van der Waals surface area (Å²) in [6.07, 6.45) is 5.78. The van der Waals surface area contributed by atoms with Crippen LogP contribution in [0.5, 0.6) is 0 Å². The van der Waals surface area contributed by atoms with Crippen molar-refractivity contribution in [3.05, 3.63) is 29.6 Å². The van der Waals surface area contributed by atoms with Crippen molar-refractivity contribution < 1.29 is 4.39 Å². The minimum Gasteiger partial charge on any atom is -0.299 e. The molecule has 0 bridgehead atoms. The van der Waals surface area contributed by atoms with Crippen molar-refractivity contribution in [2.45, 2.75) is 25.6 Å². The smallest absolute Gasteiger partial charge is 0.115 e. The number of hydrogen-bond donors (Lipinski definition) is 0. The zero-order chi connectivity index (χ0) is 9.97. The maximum Gasteiger partial charge on any atom is 0.115 e. The lowest BCUT2D eigenvalue weighted by atomic mass is 10.0. The first-order chi connectivity index (χ1) is 6.83. The Kier molecular flexibility index (Phi) is 2.77. The van der Waals surface area contributed by atoms with Gasteiger partial charge in [-0.1, -0.05) is 0 Å². The van der Waals surface area contributed by atoms with E-state index in [1.54, 1.807) is 18.5 Å². The minimum atomic E-state index is -0.387. The average molecular weight is 194 g/mol. The van der Waals surface area contributed by atoms with Gasteiger partial charge in [0.25, 0.3) is 0 Å². The maximum atomic E-state index is 12.7. The van der Waals surface area contributed by atoms with Crippen molar-refractivity contribution in [2.24, 2.45) is 0 Å². The molecule has 1 aliphatic heterocycles. The van der Waals surface area contributed by atoms with Crippen molar-refractivity contribution in [1.82, 2.24) is 9.88 Å². The van der Waals surface area contributed by atoms with Gasteiger partial charge in [0, 0.05) is 18.4 Å². The summed E-state index contributed by atoms with van der Waals surface area (Å²) < 4.78 is 12.7. The third kappa shape index (κ3) is 1.64. The highest BCUT2D eigenvalue weighted by Gasteiger charge is 2.24. The Morgan fingerprint density at radius 3 is 3.14 bits per heavy atom. The van der Waals surface area contributed by atoms with Crippen LogP contribution in [0.1, 0.15) is 30.0 Å². The third-order valence-corrected chi connectivity index (χ3v) is 2.97. The van der Waals surface area contributed by atoms with Crippen molar-refractivity contribution in [3.8, 4) is 0 Å². The molecule has 76 valence electrons. The predicted octanol–water partition coefficient (Wildman–Crippen LogP) is 2.32. The monoisotopic (exact) mass is 194 g/mol. The molecule has 1 aromatic rings. The Balaban J connectivity index is 2.30. The number of aromatic nitrogens is 1. The van der Waals surface area contributed by atoms with Crippen LogP contribution in [0, 0.1) is 0 Å². The molecule has 0 saturated carbocycles. The third-order valence-electron chi connectivity index (χ3n) is 2.97. The van der Waals surface area contributed by atoms with Gasteiger partial charge in [-0.25, -0.2) is 4.39 Å². The second-order valence-corrected chi connectivity index (χ2v) is 3.85. The van der Waals surface area contributed by atoms with E-state index in [0.29, 0.717) is 6.04 Å². The summed E-state index contributed by atoms with van der Waals surface area (Å²) >= 11 is 0. The molecule has 0 radical (unpaired) electrons. The van der Waals surface area contributed by atoms with E-state index >= 15 is 0 Å². The zero-order valence-corrected chi connectivity index (χ0v) is 8.41. The Hall–Kier alpha value is -0.960. The molecular formula is C11H15FN2. The SMILES string of the molecule is CN1CCC[C@H]1c1cnccc1CF. The van der Waals surface area contributed by atoms with Crippen LogP contribution < -0.4 is 0 Å². The molecule has 1 fully saturated rings. The summed E-state index contributed by atoms with van der Waals surface area (Å²) in [6, 6.07) is 2.15. The molecule has 0 N–H and O–H groups in total. The van der Waals surface area contributed by atoms with Crippen LogP contribution in [0.15, 0.2) is 18.5 Å². The molecule has 2 heterocycles. The van der Waals surface area contributed by atoms with E-state index in [2.05, 4.69) is 16.9 Å². The van der Waals surface area contributed by atoms with E-state index < -0.39 is 0 Å². The van der Waals surface area contributed by atoms with Gasteiger partial charge in [-0.2, -0.15) is 0 Å². The molecule has 14 heavy (non-hydrogen) atoms. The van der Waals surface area contributed by atoms with Crippen LogP contribution in [0.25, 0.3) is 0 Å². The molecule has 0 unspecified atom stereocenters. The largest absolute Gasteiger partial charge is 0.299 e. The molecule has 1 aromatic heterocycles. The summed E-state index contributed by atoms with van der Waals surface area (Å²) in [5.74, 6) is 0. The molecule has 0 aromatic carbocycles. The molecule has 1 saturated heterocycles. The van der Waals surface area contributed by atoms with E-state index in [4.69, 9.17) is 0 Å². The quantitative estimate of drug-likeness (QED) is 0.718. The van der Waals surface area contributed by atoms with E-state index in [-0.39, 0.29) is 6.67 Å². The lowest BCUT2D eigenvalue weighted by Gasteiger charge is -2.21. The van der Waals surface area contributed by atoms with Gasteiger partial charge < -0.3 is 0 Å². The maximum absolute atomic E-state index is 12.7. The van der Waals surface area contributed by atoms with Crippen molar-refractivity contribution in [2.75, 3.05) is 13.6 Å². The highest BCUT2D eigenvalue weighted by molar-refractivity contribution is 5.26. The Bertz CT molecular complexity index is 314. The van der Waals surface area contributed by atoms with E-state index in [9.17, 15) is 4.39 Å². The van der Waals surface area contributed by atoms with Gasteiger partial charge in [0.15, 0.2) is 0 Å². The molecular weight excluding hydrogens is 179 g/mol. The Labute approximate surface area is 83.8 Å². The second-order valence-electron chi connectivity index (χ2n) is 3.85. The summed E-state index contributed by atoms with van der Waals surface area (Å²) in [5, 5.41) is 0. The van der Waals surface area contributed by atoms with Crippen molar-refractivity contribution >= 4 is 0 Å². The Morgan fingerprint density at radius 2 is 2.50 bits per heavy atom. The lowest BCUT2D eigenvalue weighted by Crippen LogP contribution is -2.18. The molecule has 2 rings (SSSR count). The van der Waals surface area contributed by atoms with E-state index in [1.807, 2.05) is 0 Å². The standard InChI is InChI=1S/C11H15FN2/c1-14-6-2-3-11(14)10-8-13-5-4-9(10)7-12/h4-5,8,11H,2-3,6-7H2,1H3/t11-/m0/s1. The summed E-state index contributed by atoms with van der Waals surface area (Å²) in [6.45, 7) is 0.716. The van der Waals surface area contributed by atoms with Crippen molar-refractivity contribution in [3.63, 3.8) is 0 Å². The van der Waals surface area contributed by atoms with Gasteiger partial charge in [0.05, 0.1) is 0 Å². The first kappa shape index (κ1) is 9.59. The Morgan fingerprint density at radius 1 is 1.64 bits per heavy atom. The lowest BCUT2D eigenvalue weighted by molar-refractivity contribution is 0.313. The molecule has 0 amide bonds. The van der Waals surface area contributed by atoms with Gasteiger partial charge in [-0.05, 0) is 43.6 Å². The molecule has 1 atom stereocenters. The number of nitrogens with zero attached hydrogens (tertiary/aromatic N) is 2. The van der Waals surface area contributed by atoms with E-state index in [1.165, 1.54) is 6.42 Å².